The highest BCUT2D eigenvalue weighted by Crippen LogP contribution is 2.18. The fourth-order valence-electron chi connectivity index (χ4n) is 2.33. The molecule has 0 saturated heterocycles. The zero-order chi connectivity index (χ0) is 17.9. The van der Waals surface area contributed by atoms with Gasteiger partial charge < -0.3 is 13.6 Å². The van der Waals surface area contributed by atoms with Gasteiger partial charge in [-0.2, -0.15) is 4.68 Å². The molecule has 3 heterocycles. The molecule has 0 amide bonds. The first kappa shape index (κ1) is 16.3. The van der Waals surface area contributed by atoms with Crippen LogP contribution in [0.5, 0.6) is 5.75 Å². The van der Waals surface area contributed by atoms with Crippen LogP contribution in [-0.4, -0.2) is 14.8 Å². The Kier molecular flexibility index (Phi) is 4.40. The lowest BCUT2D eigenvalue weighted by Gasteiger charge is -2.03. The number of benzene rings is 1. The number of furan rings is 1. The van der Waals surface area contributed by atoms with E-state index in [4.69, 9.17) is 13.6 Å². The van der Waals surface area contributed by atoms with Gasteiger partial charge >= 0.3 is 5.76 Å². The summed E-state index contributed by atoms with van der Waals surface area (Å²) in [4.78, 5) is 16.4. The molecule has 0 bridgehead atoms. The number of hydrogen-bond acceptors (Lipinski definition) is 7. The first-order valence-electron chi connectivity index (χ1n) is 7.92. The molecule has 1 aromatic carbocycles. The van der Waals surface area contributed by atoms with Crippen LogP contribution < -0.4 is 10.5 Å². The van der Waals surface area contributed by atoms with Crippen LogP contribution in [0.3, 0.4) is 0 Å². The van der Waals surface area contributed by atoms with Gasteiger partial charge in [-0.3, -0.25) is 0 Å². The minimum atomic E-state index is -0.554. The fraction of sp³-hybridized carbons (Fsp3) is 0.167. The number of rotatable bonds is 6. The number of ether oxygens (including phenoxy) is 1. The van der Waals surface area contributed by atoms with Crippen LogP contribution >= 0.6 is 11.3 Å². The summed E-state index contributed by atoms with van der Waals surface area (Å²) in [5, 5.41) is 6.83. The van der Waals surface area contributed by atoms with Crippen molar-refractivity contribution in [1.29, 1.82) is 0 Å². The molecule has 0 aliphatic carbocycles. The number of thiazole rings is 1. The summed E-state index contributed by atoms with van der Waals surface area (Å²) in [6, 6.07) is 11.2. The van der Waals surface area contributed by atoms with E-state index in [0.29, 0.717) is 12.4 Å². The van der Waals surface area contributed by atoms with Crippen molar-refractivity contribution in [2.75, 3.05) is 0 Å². The van der Waals surface area contributed by atoms with E-state index in [2.05, 4.69) is 10.1 Å². The van der Waals surface area contributed by atoms with Gasteiger partial charge in [-0.25, -0.2) is 9.78 Å². The van der Waals surface area contributed by atoms with Crippen molar-refractivity contribution in [1.82, 2.24) is 14.8 Å². The van der Waals surface area contributed by atoms with Crippen LogP contribution in [0.4, 0.5) is 0 Å². The smallest absolute Gasteiger partial charge is 0.437 e. The van der Waals surface area contributed by atoms with E-state index >= 15 is 0 Å². The molecule has 0 N–H and O–H groups in total. The van der Waals surface area contributed by atoms with E-state index in [1.165, 1.54) is 27.8 Å². The highest BCUT2D eigenvalue weighted by atomic mass is 32.1. The maximum absolute atomic E-state index is 11.9. The summed E-state index contributed by atoms with van der Waals surface area (Å²) in [5.41, 5.74) is 1.90. The van der Waals surface area contributed by atoms with Crippen molar-refractivity contribution >= 4 is 11.3 Å². The molecule has 0 fully saturated rings. The lowest BCUT2D eigenvalue weighted by molar-refractivity contribution is 0.305. The SMILES string of the molecule is Cc1ccc(OCc2nc(Cn3nc(-c4ccco4)oc3=O)cs2)cc1. The molecule has 4 aromatic rings. The lowest BCUT2D eigenvalue weighted by Crippen LogP contribution is -2.16. The Balaban J connectivity index is 1.42. The van der Waals surface area contributed by atoms with Gasteiger partial charge in [0.05, 0.1) is 18.5 Å². The first-order chi connectivity index (χ1) is 12.7. The molecule has 3 aromatic heterocycles. The van der Waals surface area contributed by atoms with Crippen molar-refractivity contribution in [2.45, 2.75) is 20.1 Å². The summed E-state index contributed by atoms with van der Waals surface area (Å²) in [7, 11) is 0. The highest BCUT2D eigenvalue weighted by molar-refractivity contribution is 7.09. The maximum atomic E-state index is 11.9. The summed E-state index contributed by atoms with van der Waals surface area (Å²) < 4.78 is 17.2. The standard InChI is InChI=1S/C18H15N3O4S/c1-12-4-6-14(7-5-12)24-10-16-19-13(11-26-16)9-21-18(22)25-17(20-21)15-3-2-8-23-15/h2-8,11H,9-10H2,1H3. The van der Waals surface area contributed by atoms with Crippen molar-refractivity contribution < 1.29 is 13.6 Å². The van der Waals surface area contributed by atoms with Gasteiger partial charge in [-0.15, -0.1) is 16.4 Å². The van der Waals surface area contributed by atoms with Gasteiger partial charge in [0.15, 0.2) is 5.76 Å². The van der Waals surface area contributed by atoms with Gasteiger partial charge in [0.25, 0.3) is 5.89 Å². The van der Waals surface area contributed by atoms with E-state index in [9.17, 15) is 4.79 Å². The van der Waals surface area contributed by atoms with Gasteiger partial charge in [0.2, 0.25) is 0 Å². The van der Waals surface area contributed by atoms with Gasteiger partial charge in [-0.1, -0.05) is 17.7 Å². The third kappa shape index (κ3) is 3.60. The van der Waals surface area contributed by atoms with Crippen LogP contribution in [0.1, 0.15) is 16.3 Å². The topological polar surface area (TPSA) is 83.3 Å². The summed E-state index contributed by atoms with van der Waals surface area (Å²) >= 11 is 1.47. The van der Waals surface area contributed by atoms with Crippen LogP contribution in [0.25, 0.3) is 11.7 Å². The second-order valence-corrected chi connectivity index (χ2v) is 6.59. The van der Waals surface area contributed by atoms with Crippen molar-refractivity contribution in [2.24, 2.45) is 0 Å². The number of hydrogen-bond donors (Lipinski definition) is 0. The molecular formula is C18H15N3O4S. The van der Waals surface area contributed by atoms with E-state index in [1.807, 2.05) is 36.6 Å². The molecule has 0 aliphatic rings. The predicted octanol–water partition coefficient (Wildman–Crippen LogP) is 3.49. The summed E-state index contributed by atoms with van der Waals surface area (Å²) in [6.07, 6.45) is 1.50. The average molecular weight is 369 g/mol. The molecule has 0 radical (unpaired) electrons. The number of nitrogens with zero attached hydrogens (tertiary/aromatic N) is 3. The fourth-order valence-corrected chi connectivity index (χ4v) is 3.02. The van der Waals surface area contributed by atoms with E-state index in [1.54, 1.807) is 12.1 Å². The van der Waals surface area contributed by atoms with E-state index in [0.717, 1.165) is 16.5 Å². The maximum Gasteiger partial charge on any atom is 0.437 e. The van der Waals surface area contributed by atoms with Gasteiger partial charge in [-0.05, 0) is 31.2 Å². The summed E-state index contributed by atoms with van der Waals surface area (Å²) in [6.45, 7) is 2.63. The van der Waals surface area contributed by atoms with Crippen LogP contribution in [0.15, 0.2) is 61.7 Å². The second-order valence-electron chi connectivity index (χ2n) is 5.64. The summed E-state index contributed by atoms with van der Waals surface area (Å²) in [5.74, 6) is 0.800. The number of aromatic nitrogens is 3. The molecule has 7 nitrogen and oxygen atoms in total. The zero-order valence-corrected chi connectivity index (χ0v) is 14.7. The van der Waals surface area contributed by atoms with Crippen LogP contribution in [0, 0.1) is 6.92 Å². The minimum Gasteiger partial charge on any atom is -0.486 e. The second kappa shape index (κ2) is 7.01. The van der Waals surface area contributed by atoms with Gasteiger partial charge in [0, 0.05) is 5.38 Å². The molecule has 132 valence electrons. The highest BCUT2D eigenvalue weighted by Gasteiger charge is 2.14. The predicted molar refractivity (Wildman–Crippen MR) is 95.2 cm³/mol. The Morgan fingerprint density at radius 1 is 1.23 bits per heavy atom. The molecule has 0 aliphatic heterocycles. The molecule has 4 rings (SSSR count). The number of aryl methyl sites for hydroxylation is 1. The zero-order valence-electron chi connectivity index (χ0n) is 13.9. The lowest BCUT2D eigenvalue weighted by atomic mass is 10.2. The van der Waals surface area contributed by atoms with Crippen molar-refractivity contribution in [3.05, 3.63) is 74.9 Å². The monoisotopic (exact) mass is 369 g/mol. The normalized spacial score (nSPS) is 11.0. The Hall–Kier alpha value is -3.13. The first-order valence-corrected chi connectivity index (χ1v) is 8.80. The van der Waals surface area contributed by atoms with Crippen LogP contribution in [-0.2, 0) is 13.2 Å². The Labute approximate surface area is 152 Å². The van der Waals surface area contributed by atoms with Crippen LogP contribution in [0.2, 0.25) is 0 Å². The van der Waals surface area contributed by atoms with E-state index in [-0.39, 0.29) is 12.4 Å². The quantitative estimate of drug-likeness (QED) is 0.517. The molecule has 26 heavy (non-hydrogen) atoms. The largest absolute Gasteiger partial charge is 0.486 e. The molecular weight excluding hydrogens is 354 g/mol. The molecule has 0 spiro atoms. The van der Waals surface area contributed by atoms with Crippen molar-refractivity contribution in [3.8, 4) is 17.4 Å². The third-order valence-electron chi connectivity index (χ3n) is 3.63. The van der Waals surface area contributed by atoms with E-state index < -0.39 is 5.76 Å². The third-order valence-corrected chi connectivity index (χ3v) is 4.50. The van der Waals surface area contributed by atoms with Gasteiger partial charge in [0.1, 0.15) is 17.4 Å². The molecule has 0 unspecified atom stereocenters. The van der Waals surface area contributed by atoms with Crippen molar-refractivity contribution in [3.63, 3.8) is 0 Å². The molecule has 0 atom stereocenters. The molecule has 8 heteroatoms. The Morgan fingerprint density at radius 3 is 2.85 bits per heavy atom. The minimum absolute atomic E-state index is 0.151. The average Bonchev–Trinajstić information content (AvgIpc) is 3.37. The molecule has 0 saturated carbocycles. The Morgan fingerprint density at radius 2 is 2.08 bits per heavy atom. The Bertz CT molecular complexity index is 1050.